The molecule has 8 nitrogen and oxygen atoms in total. The Bertz CT molecular complexity index is 868. The number of nitro groups is 1. The first-order valence-electron chi connectivity index (χ1n) is 7.46. The topological polar surface area (TPSA) is 97.1 Å². The first-order valence-corrected chi connectivity index (χ1v) is 8.25. The molecule has 9 heteroatoms. The van der Waals surface area contributed by atoms with Gasteiger partial charge in [-0.2, -0.15) is 5.10 Å². The van der Waals surface area contributed by atoms with Crippen molar-refractivity contribution >= 4 is 39.4 Å². The minimum Gasteiger partial charge on any atom is -0.496 e. The van der Waals surface area contributed by atoms with Crippen molar-refractivity contribution in [2.24, 2.45) is 5.10 Å². The van der Waals surface area contributed by atoms with E-state index in [0.29, 0.717) is 0 Å². The molecule has 136 valence electrons. The molecule has 1 amide bonds. The van der Waals surface area contributed by atoms with Gasteiger partial charge in [-0.15, -0.1) is 0 Å². The Labute approximate surface area is 158 Å². The van der Waals surface area contributed by atoms with E-state index < -0.39 is 10.8 Å². The Hall–Kier alpha value is -2.94. The molecular formula is C17H17BrN4O4. The van der Waals surface area contributed by atoms with Gasteiger partial charge >= 0.3 is 0 Å². The molecule has 2 aromatic rings. The van der Waals surface area contributed by atoms with Crippen LogP contribution in [0.1, 0.15) is 15.9 Å². The monoisotopic (exact) mass is 420 g/mol. The Morgan fingerprint density at radius 3 is 2.62 bits per heavy atom. The van der Waals surface area contributed by atoms with Crippen LogP contribution in [0.2, 0.25) is 0 Å². The van der Waals surface area contributed by atoms with Crippen LogP contribution in [0.25, 0.3) is 0 Å². The Morgan fingerprint density at radius 2 is 2.04 bits per heavy atom. The molecule has 2 aromatic carbocycles. The van der Waals surface area contributed by atoms with Crippen LogP contribution in [0.3, 0.4) is 0 Å². The number of nitrogens with one attached hydrogen (secondary N) is 1. The first-order chi connectivity index (χ1) is 12.3. The molecule has 0 heterocycles. The maximum Gasteiger partial charge on any atom is 0.275 e. The van der Waals surface area contributed by atoms with Gasteiger partial charge in [-0.05, 0) is 39.7 Å². The van der Waals surface area contributed by atoms with Crippen LogP contribution < -0.4 is 15.1 Å². The third kappa shape index (κ3) is 4.57. The van der Waals surface area contributed by atoms with Crippen molar-refractivity contribution in [3.63, 3.8) is 0 Å². The second-order valence-corrected chi connectivity index (χ2v) is 6.30. The van der Waals surface area contributed by atoms with Crippen LogP contribution in [0, 0.1) is 10.1 Å². The molecule has 1 N–H and O–H groups in total. The number of hydrogen-bond acceptors (Lipinski definition) is 6. The first kappa shape index (κ1) is 19.4. The molecule has 26 heavy (non-hydrogen) atoms. The number of nitrogens with zero attached hydrogens (tertiary/aromatic N) is 3. The molecule has 0 unspecified atom stereocenters. The van der Waals surface area contributed by atoms with Crippen LogP contribution in [0.15, 0.2) is 46.0 Å². The van der Waals surface area contributed by atoms with E-state index in [2.05, 4.69) is 26.5 Å². The second-order valence-electron chi connectivity index (χ2n) is 5.45. The number of hydrazone groups is 1. The number of ether oxygens (including phenoxy) is 1. The average molecular weight is 421 g/mol. The van der Waals surface area contributed by atoms with Gasteiger partial charge in [-0.3, -0.25) is 14.9 Å². The van der Waals surface area contributed by atoms with E-state index in [4.69, 9.17) is 4.74 Å². The van der Waals surface area contributed by atoms with Gasteiger partial charge in [-0.25, -0.2) is 5.43 Å². The Balaban J connectivity index is 2.15. The van der Waals surface area contributed by atoms with Crippen LogP contribution in [0.4, 0.5) is 11.4 Å². The molecule has 0 aliphatic carbocycles. The number of benzene rings is 2. The third-order valence-electron chi connectivity index (χ3n) is 3.47. The molecule has 0 saturated carbocycles. The fourth-order valence-corrected chi connectivity index (χ4v) is 2.93. The number of hydrogen-bond donors (Lipinski definition) is 1. The highest BCUT2D eigenvalue weighted by atomic mass is 79.9. The summed E-state index contributed by atoms with van der Waals surface area (Å²) >= 11 is 3.47. The lowest BCUT2D eigenvalue weighted by Gasteiger charge is -2.14. The lowest BCUT2D eigenvalue weighted by Crippen LogP contribution is -2.18. The smallest absolute Gasteiger partial charge is 0.275 e. The number of halogens is 1. The van der Waals surface area contributed by atoms with Gasteiger partial charge < -0.3 is 9.64 Å². The summed E-state index contributed by atoms with van der Waals surface area (Å²) in [5.41, 5.74) is 3.95. The lowest BCUT2D eigenvalue weighted by molar-refractivity contribution is -0.384. The second kappa shape index (κ2) is 8.43. The standard InChI is InChI=1S/C17H17BrN4O4/c1-21(2)15-6-4-11(8-14(15)18)10-19-20-17(23)13-9-12(22(24)25)5-7-16(13)26-3/h4-10H,1-3H3,(H,20,23)/b19-10-. The summed E-state index contributed by atoms with van der Waals surface area (Å²) in [5.74, 6) is -0.382. The van der Waals surface area contributed by atoms with E-state index in [1.165, 1.54) is 25.5 Å². The summed E-state index contributed by atoms with van der Waals surface area (Å²) in [7, 11) is 5.24. The fraction of sp³-hybridized carbons (Fsp3) is 0.176. The number of anilines is 1. The van der Waals surface area contributed by atoms with Crippen molar-refractivity contribution in [2.45, 2.75) is 0 Å². The van der Waals surface area contributed by atoms with Crippen molar-refractivity contribution in [2.75, 3.05) is 26.1 Å². The lowest BCUT2D eigenvalue weighted by atomic mass is 10.1. The van der Waals surface area contributed by atoms with E-state index in [9.17, 15) is 14.9 Å². The van der Waals surface area contributed by atoms with Crippen LogP contribution in [-0.2, 0) is 0 Å². The van der Waals surface area contributed by atoms with Crippen LogP contribution in [-0.4, -0.2) is 38.3 Å². The molecule has 0 spiro atoms. The van der Waals surface area contributed by atoms with E-state index in [-0.39, 0.29) is 17.0 Å². The maximum absolute atomic E-state index is 12.3. The van der Waals surface area contributed by atoms with Crippen molar-refractivity contribution in [3.05, 3.63) is 62.1 Å². The van der Waals surface area contributed by atoms with Gasteiger partial charge in [0.05, 0.1) is 29.5 Å². The van der Waals surface area contributed by atoms with E-state index in [0.717, 1.165) is 21.8 Å². The summed E-state index contributed by atoms with van der Waals surface area (Å²) in [6.45, 7) is 0. The maximum atomic E-state index is 12.3. The van der Waals surface area contributed by atoms with Crippen molar-refractivity contribution in [1.82, 2.24) is 5.43 Å². The van der Waals surface area contributed by atoms with Gasteiger partial charge in [0.2, 0.25) is 0 Å². The number of methoxy groups -OCH3 is 1. The zero-order chi connectivity index (χ0) is 19.3. The van der Waals surface area contributed by atoms with E-state index in [1.807, 2.05) is 37.2 Å². The molecule has 2 rings (SSSR count). The fourth-order valence-electron chi connectivity index (χ4n) is 2.18. The molecule has 0 aliphatic heterocycles. The highest BCUT2D eigenvalue weighted by Gasteiger charge is 2.17. The number of nitro benzene ring substituents is 1. The minimum atomic E-state index is -0.606. The molecule has 0 bridgehead atoms. The van der Waals surface area contributed by atoms with E-state index >= 15 is 0 Å². The van der Waals surface area contributed by atoms with Gasteiger partial charge in [0, 0.05) is 30.7 Å². The van der Waals surface area contributed by atoms with Crippen molar-refractivity contribution in [1.29, 1.82) is 0 Å². The number of carbonyl (C=O) groups is 1. The predicted molar refractivity (Wildman–Crippen MR) is 103 cm³/mol. The van der Waals surface area contributed by atoms with Gasteiger partial charge in [-0.1, -0.05) is 6.07 Å². The normalized spacial score (nSPS) is 10.6. The summed E-state index contributed by atoms with van der Waals surface area (Å²) in [5, 5.41) is 14.8. The average Bonchev–Trinajstić information content (AvgIpc) is 2.60. The van der Waals surface area contributed by atoms with Crippen LogP contribution in [0.5, 0.6) is 5.75 Å². The molecule has 0 aliphatic rings. The van der Waals surface area contributed by atoms with E-state index in [1.54, 1.807) is 0 Å². The van der Waals surface area contributed by atoms with Crippen LogP contribution >= 0.6 is 15.9 Å². The summed E-state index contributed by atoms with van der Waals surface area (Å²) in [6, 6.07) is 9.40. The van der Waals surface area contributed by atoms with Crippen molar-refractivity contribution < 1.29 is 14.5 Å². The number of rotatable bonds is 6. The van der Waals surface area contributed by atoms with Gasteiger partial charge in [0.1, 0.15) is 5.75 Å². The van der Waals surface area contributed by atoms with Gasteiger partial charge in [0.15, 0.2) is 0 Å². The minimum absolute atomic E-state index is 0.0305. The predicted octanol–water partition coefficient (Wildman–Crippen LogP) is 3.20. The zero-order valence-corrected chi connectivity index (χ0v) is 16.0. The molecule has 0 atom stereocenters. The quantitative estimate of drug-likeness (QED) is 0.439. The highest BCUT2D eigenvalue weighted by molar-refractivity contribution is 9.10. The Morgan fingerprint density at radius 1 is 1.31 bits per heavy atom. The molecular weight excluding hydrogens is 404 g/mol. The Kier molecular flexibility index (Phi) is 6.29. The molecule has 0 aromatic heterocycles. The van der Waals surface area contributed by atoms with Crippen molar-refractivity contribution in [3.8, 4) is 5.75 Å². The molecule has 0 fully saturated rings. The molecule has 0 radical (unpaired) electrons. The summed E-state index contributed by atoms with van der Waals surface area (Å²) in [4.78, 5) is 24.5. The largest absolute Gasteiger partial charge is 0.496 e. The number of carbonyl (C=O) groups excluding carboxylic acids is 1. The van der Waals surface area contributed by atoms with Gasteiger partial charge in [0.25, 0.3) is 11.6 Å². The molecule has 0 saturated heterocycles. The third-order valence-corrected chi connectivity index (χ3v) is 4.11. The number of non-ortho nitro benzene ring substituents is 1. The summed E-state index contributed by atoms with van der Waals surface area (Å²) in [6.07, 6.45) is 1.48. The zero-order valence-electron chi connectivity index (χ0n) is 14.4. The SMILES string of the molecule is COc1ccc([N+](=O)[O-])cc1C(=O)N/N=C\c1ccc(N(C)C)c(Br)c1. The number of amides is 1. The summed E-state index contributed by atoms with van der Waals surface area (Å²) < 4.78 is 5.96. The highest BCUT2D eigenvalue weighted by Crippen LogP contribution is 2.25.